The zero-order valence-corrected chi connectivity index (χ0v) is 8.53. The first-order chi connectivity index (χ1) is 7.13. The van der Waals surface area contributed by atoms with Gasteiger partial charge in [-0.15, -0.1) is 11.3 Å². The number of esters is 1. The molecule has 0 saturated carbocycles. The molecular formula is C10H6F2O2S. The van der Waals surface area contributed by atoms with E-state index >= 15 is 0 Å². The molecule has 1 aromatic carbocycles. The summed E-state index contributed by atoms with van der Waals surface area (Å²) in [6, 6.07) is 3.77. The number of carbonyl (C=O) groups is 1. The fourth-order valence-corrected chi connectivity index (χ4v) is 2.23. The van der Waals surface area contributed by atoms with E-state index in [1.54, 1.807) is 0 Å². The zero-order valence-electron chi connectivity index (χ0n) is 7.71. The van der Waals surface area contributed by atoms with Crippen LogP contribution in [0.25, 0.3) is 10.1 Å². The molecule has 0 fully saturated rings. The maximum absolute atomic E-state index is 13.3. The van der Waals surface area contributed by atoms with Crippen molar-refractivity contribution < 1.29 is 18.3 Å². The van der Waals surface area contributed by atoms with Gasteiger partial charge in [-0.1, -0.05) is 0 Å². The summed E-state index contributed by atoms with van der Waals surface area (Å²) in [6.45, 7) is 0. The number of ether oxygens (including phenoxy) is 1. The molecule has 0 spiro atoms. The fraction of sp³-hybridized carbons (Fsp3) is 0.100. The van der Waals surface area contributed by atoms with Gasteiger partial charge in [-0.25, -0.2) is 13.6 Å². The Bertz CT molecular complexity index is 533. The van der Waals surface area contributed by atoms with Crippen LogP contribution in [0, 0.1) is 11.6 Å². The average molecular weight is 228 g/mol. The maximum Gasteiger partial charge on any atom is 0.348 e. The third-order valence-electron chi connectivity index (χ3n) is 1.97. The van der Waals surface area contributed by atoms with Crippen molar-refractivity contribution in [3.8, 4) is 0 Å². The summed E-state index contributed by atoms with van der Waals surface area (Å²) in [5.41, 5.74) is 0. The van der Waals surface area contributed by atoms with Crippen LogP contribution in [0.15, 0.2) is 18.2 Å². The summed E-state index contributed by atoms with van der Waals surface area (Å²) < 4.78 is 31.1. The van der Waals surface area contributed by atoms with Gasteiger partial charge in [0.1, 0.15) is 4.88 Å². The third kappa shape index (κ3) is 1.59. The highest BCUT2D eigenvalue weighted by atomic mass is 32.1. The van der Waals surface area contributed by atoms with Crippen LogP contribution in [-0.2, 0) is 4.74 Å². The van der Waals surface area contributed by atoms with Crippen LogP contribution in [0.4, 0.5) is 8.78 Å². The second-order valence-corrected chi connectivity index (χ2v) is 3.96. The van der Waals surface area contributed by atoms with E-state index in [4.69, 9.17) is 0 Å². The molecule has 0 amide bonds. The largest absolute Gasteiger partial charge is 0.465 e. The number of hydrogen-bond acceptors (Lipinski definition) is 3. The van der Waals surface area contributed by atoms with Crippen molar-refractivity contribution in [3.63, 3.8) is 0 Å². The van der Waals surface area contributed by atoms with E-state index in [2.05, 4.69) is 4.74 Å². The molecule has 5 heteroatoms. The number of thiophene rings is 1. The van der Waals surface area contributed by atoms with Crippen molar-refractivity contribution in [3.05, 3.63) is 34.7 Å². The molecule has 1 aromatic heterocycles. The smallest absolute Gasteiger partial charge is 0.348 e. The summed E-state index contributed by atoms with van der Waals surface area (Å²) in [6.07, 6.45) is 0. The second kappa shape index (κ2) is 3.58. The monoisotopic (exact) mass is 228 g/mol. The molecule has 0 unspecified atom stereocenters. The van der Waals surface area contributed by atoms with E-state index in [1.165, 1.54) is 19.2 Å². The summed E-state index contributed by atoms with van der Waals surface area (Å²) >= 11 is 1.07. The van der Waals surface area contributed by atoms with Gasteiger partial charge in [0.2, 0.25) is 0 Å². The van der Waals surface area contributed by atoms with Gasteiger partial charge in [-0.05, 0) is 18.2 Å². The SMILES string of the molecule is COC(=O)c1cc2c(F)c(F)ccc2s1. The second-order valence-electron chi connectivity index (χ2n) is 2.88. The average Bonchev–Trinajstić information content (AvgIpc) is 2.67. The lowest BCUT2D eigenvalue weighted by molar-refractivity contribution is 0.0606. The Morgan fingerprint density at radius 2 is 2.13 bits per heavy atom. The molecule has 0 radical (unpaired) electrons. The van der Waals surface area contributed by atoms with Crippen LogP contribution in [0.5, 0.6) is 0 Å². The van der Waals surface area contributed by atoms with Gasteiger partial charge < -0.3 is 4.74 Å². The van der Waals surface area contributed by atoms with Crippen LogP contribution < -0.4 is 0 Å². The van der Waals surface area contributed by atoms with Crippen LogP contribution in [0.2, 0.25) is 0 Å². The minimum Gasteiger partial charge on any atom is -0.465 e. The number of fused-ring (bicyclic) bond motifs is 1. The topological polar surface area (TPSA) is 26.3 Å². The maximum atomic E-state index is 13.3. The lowest BCUT2D eigenvalue weighted by Gasteiger charge is -1.92. The molecule has 2 aromatic rings. The molecule has 15 heavy (non-hydrogen) atoms. The number of benzene rings is 1. The first-order valence-electron chi connectivity index (χ1n) is 4.09. The predicted octanol–water partition coefficient (Wildman–Crippen LogP) is 2.97. The van der Waals surface area contributed by atoms with Gasteiger partial charge in [0, 0.05) is 10.1 Å². The highest BCUT2D eigenvalue weighted by Gasteiger charge is 2.14. The molecular weight excluding hydrogens is 222 g/mol. The highest BCUT2D eigenvalue weighted by molar-refractivity contribution is 7.20. The lowest BCUT2D eigenvalue weighted by Crippen LogP contribution is -1.96. The molecule has 0 aliphatic carbocycles. The van der Waals surface area contributed by atoms with Crippen molar-refractivity contribution in [1.82, 2.24) is 0 Å². The van der Waals surface area contributed by atoms with E-state index in [1.807, 2.05) is 0 Å². The molecule has 2 nitrogen and oxygen atoms in total. The first kappa shape index (κ1) is 10.0. The Morgan fingerprint density at radius 1 is 1.40 bits per heavy atom. The van der Waals surface area contributed by atoms with Crippen LogP contribution in [-0.4, -0.2) is 13.1 Å². The van der Waals surface area contributed by atoms with Gasteiger partial charge in [0.05, 0.1) is 7.11 Å². The Hall–Kier alpha value is -1.49. The Kier molecular flexibility index (Phi) is 2.40. The van der Waals surface area contributed by atoms with Crippen LogP contribution in [0.1, 0.15) is 9.67 Å². The molecule has 2 rings (SSSR count). The fourth-order valence-electron chi connectivity index (χ4n) is 1.25. The van der Waals surface area contributed by atoms with E-state index in [9.17, 15) is 13.6 Å². The lowest BCUT2D eigenvalue weighted by atomic mass is 10.2. The molecule has 78 valence electrons. The van der Waals surface area contributed by atoms with E-state index in [-0.39, 0.29) is 10.3 Å². The van der Waals surface area contributed by atoms with Gasteiger partial charge in [-0.2, -0.15) is 0 Å². The van der Waals surface area contributed by atoms with E-state index in [0.717, 1.165) is 17.4 Å². The van der Waals surface area contributed by atoms with Crippen molar-refractivity contribution >= 4 is 27.4 Å². The Labute approximate surface area is 88.1 Å². The number of methoxy groups -OCH3 is 1. The third-order valence-corrected chi connectivity index (χ3v) is 3.05. The Balaban J connectivity index is 2.66. The number of rotatable bonds is 1. The number of carbonyl (C=O) groups excluding carboxylic acids is 1. The zero-order chi connectivity index (χ0) is 11.0. The van der Waals surface area contributed by atoms with Crippen molar-refractivity contribution in [2.24, 2.45) is 0 Å². The van der Waals surface area contributed by atoms with Gasteiger partial charge in [-0.3, -0.25) is 0 Å². The van der Waals surface area contributed by atoms with Gasteiger partial charge in [0.25, 0.3) is 0 Å². The van der Waals surface area contributed by atoms with Crippen LogP contribution in [0.3, 0.4) is 0 Å². The molecule has 0 aliphatic rings. The molecule has 1 heterocycles. The number of hydrogen-bond donors (Lipinski definition) is 0. The van der Waals surface area contributed by atoms with Crippen molar-refractivity contribution in [2.45, 2.75) is 0 Å². The molecule has 0 saturated heterocycles. The summed E-state index contributed by atoms with van der Waals surface area (Å²) in [4.78, 5) is 11.4. The minimum atomic E-state index is -0.932. The summed E-state index contributed by atoms with van der Waals surface area (Å²) in [7, 11) is 1.24. The first-order valence-corrected chi connectivity index (χ1v) is 4.91. The quantitative estimate of drug-likeness (QED) is 0.701. The molecule has 0 aliphatic heterocycles. The number of halogens is 2. The summed E-state index contributed by atoms with van der Waals surface area (Å²) in [5.74, 6) is -2.40. The van der Waals surface area contributed by atoms with E-state index < -0.39 is 17.6 Å². The molecule has 0 atom stereocenters. The predicted molar refractivity (Wildman–Crippen MR) is 53.1 cm³/mol. The van der Waals surface area contributed by atoms with Gasteiger partial charge in [0.15, 0.2) is 11.6 Å². The highest BCUT2D eigenvalue weighted by Crippen LogP contribution is 2.29. The van der Waals surface area contributed by atoms with E-state index in [0.29, 0.717) is 4.70 Å². The summed E-state index contributed by atoms with van der Waals surface area (Å²) in [5, 5.41) is 0.111. The Morgan fingerprint density at radius 3 is 2.80 bits per heavy atom. The van der Waals surface area contributed by atoms with Crippen molar-refractivity contribution in [1.29, 1.82) is 0 Å². The molecule has 0 bridgehead atoms. The molecule has 0 N–H and O–H groups in total. The standard InChI is InChI=1S/C10H6F2O2S/c1-14-10(13)8-4-5-7(15-8)3-2-6(11)9(5)12/h2-4H,1H3. The van der Waals surface area contributed by atoms with Crippen molar-refractivity contribution in [2.75, 3.05) is 7.11 Å². The minimum absolute atomic E-state index is 0.111. The van der Waals surface area contributed by atoms with Crippen LogP contribution >= 0.6 is 11.3 Å². The normalized spacial score (nSPS) is 10.6. The van der Waals surface area contributed by atoms with Gasteiger partial charge >= 0.3 is 5.97 Å².